The largest absolute Gasteiger partial charge is 0.396 e. The van der Waals surface area contributed by atoms with Gasteiger partial charge in [0.15, 0.2) is 0 Å². The zero-order valence-electron chi connectivity index (χ0n) is 12.3. The van der Waals surface area contributed by atoms with Crippen LogP contribution in [0.4, 0.5) is 0 Å². The van der Waals surface area contributed by atoms with E-state index in [-0.39, 0.29) is 12.5 Å². The van der Waals surface area contributed by atoms with Gasteiger partial charge in [0.1, 0.15) is 0 Å². The lowest BCUT2D eigenvalue weighted by molar-refractivity contribution is -0.137. The number of likely N-dealkylation sites (tertiary alicyclic amines) is 1. The Balaban J connectivity index is 1.82. The molecule has 3 heteroatoms. The fraction of sp³-hybridized carbons (Fsp3) is 0.938. The molecule has 110 valence electrons. The average molecular weight is 267 g/mol. The first kappa shape index (κ1) is 14.8. The third kappa shape index (κ3) is 3.95. The van der Waals surface area contributed by atoms with E-state index in [1.54, 1.807) is 0 Å². The number of carbonyl (C=O) groups is 1. The summed E-state index contributed by atoms with van der Waals surface area (Å²) in [6.45, 7) is 4.13. The summed E-state index contributed by atoms with van der Waals surface area (Å²) >= 11 is 0. The first-order chi connectivity index (χ1) is 9.24. The van der Waals surface area contributed by atoms with Gasteiger partial charge in [0.25, 0.3) is 0 Å². The second-order valence-corrected chi connectivity index (χ2v) is 6.44. The highest BCUT2D eigenvalue weighted by molar-refractivity contribution is 5.78. The maximum atomic E-state index is 12.6. The van der Waals surface area contributed by atoms with Crippen LogP contribution in [-0.4, -0.2) is 35.6 Å². The molecule has 1 N–H and O–H groups in total. The van der Waals surface area contributed by atoms with E-state index < -0.39 is 0 Å². The Morgan fingerprint density at radius 1 is 1.16 bits per heavy atom. The van der Waals surface area contributed by atoms with E-state index in [4.69, 9.17) is 5.11 Å². The Kier molecular flexibility index (Phi) is 5.68. The minimum atomic E-state index is 0.244. The standard InChI is InChI=1S/C16H29NO2/c1-2-15(11-13-5-3-4-6-13)16(19)17-9-7-14(12-18)8-10-17/h13-15,18H,2-12H2,1H3. The molecule has 1 aliphatic carbocycles. The summed E-state index contributed by atoms with van der Waals surface area (Å²) in [6.07, 6.45) is 9.41. The van der Waals surface area contributed by atoms with Gasteiger partial charge >= 0.3 is 0 Å². The fourth-order valence-corrected chi connectivity index (χ4v) is 3.68. The molecule has 0 radical (unpaired) electrons. The molecule has 0 aromatic carbocycles. The monoisotopic (exact) mass is 267 g/mol. The predicted octanol–water partition coefficient (Wildman–Crippen LogP) is 2.82. The molecule has 3 nitrogen and oxygen atoms in total. The first-order valence-electron chi connectivity index (χ1n) is 8.14. The van der Waals surface area contributed by atoms with E-state index in [2.05, 4.69) is 11.8 Å². The molecule has 0 aromatic rings. The SMILES string of the molecule is CCC(CC1CCCC1)C(=O)N1CCC(CO)CC1. The highest BCUT2D eigenvalue weighted by atomic mass is 16.3. The van der Waals surface area contributed by atoms with Crippen LogP contribution in [-0.2, 0) is 4.79 Å². The Labute approximate surface area is 117 Å². The summed E-state index contributed by atoms with van der Waals surface area (Å²) in [6, 6.07) is 0. The molecule has 1 unspecified atom stereocenters. The van der Waals surface area contributed by atoms with Crippen LogP contribution in [0.2, 0.25) is 0 Å². The molecule has 2 aliphatic rings. The van der Waals surface area contributed by atoms with Gasteiger partial charge in [-0.2, -0.15) is 0 Å². The van der Waals surface area contributed by atoms with Gasteiger partial charge in [-0.3, -0.25) is 4.79 Å². The van der Waals surface area contributed by atoms with Crippen molar-refractivity contribution < 1.29 is 9.90 Å². The molecule has 1 saturated carbocycles. The Bertz CT molecular complexity index is 278. The van der Waals surface area contributed by atoms with Crippen molar-refractivity contribution in [1.82, 2.24) is 4.90 Å². The second kappa shape index (κ2) is 7.28. The Morgan fingerprint density at radius 2 is 1.79 bits per heavy atom. The molecule has 1 aliphatic heterocycles. The summed E-state index contributed by atoms with van der Waals surface area (Å²) in [7, 11) is 0. The highest BCUT2D eigenvalue weighted by Crippen LogP contribution is 2.32. The summed E-state index contributed by atoms with van der Waals surface area (Å²) in [5, 5.41) is 9.16. The van der Waals surface area contributed by atoms with E-state index in [0.29, 0.717) is 11.8 Å². The topological polar surface area (TPSA) is 40.5 Å². The van der Waals surface area contributed by atoms with E-state index >= 15 is 0 Å². The van der Waals surface area contributed by atoms with Crippen LogP contribution in [0, 0.1) is 17.8 Å². The average Bonchev–Trinajstić information content (AvgIpc) is 2.97. The molecular formula is C16H29NO2. The van der Waals surface area contributed by atoms with Gasteiger partial charge in [-0.05, 0) is 37.5 Å². The number of carbonyl (C=O) groups excluding carboxylic acids is 1. The van der Waals surface area contributed by atoms with Crippen LogP contribution in [0.25, 0.3) is 0 Å². The third-order valence-electron chi connectivity index (χ3n) is 5.12. The first-order valence-corrected chi connectivity index (χ1v) is 8.14. The number of nitrogens with zero attached hydrogens (tertiary/aromatic N) is 1. The number of hydrogen-bond acceptors (Lipinski definition) is 2. The van der Waals surface area contributed by atoms with Crippen molar-refractivity contribution >= 4 is 5.91 Å². The molecule has 1 saturated heterocycles. The van der Waals surface area contributed by atoms with Gasteiger partial charge in [0, 0.05) is 25.6 Å². The molecule has 0 aromatic heterocycles. The second-order valence-electron chi connectivity index (χ2n) is 6.44. The molecule has 1 heterocycles. The number of piperidine rings is 1. The number of rotatable bonds is 5. The number of aliphatic hydroxyl groups is 1. The molecule has 1 amide bonds. The number of amides is 1. The maximum absolute atomic E-state index is 12.6. The smallest absolute Gasteiger partial charge is 0.225 e. The van der Waals surface area contributed by atoms with Gasteiger partial charge in [0.2, 0.25) is 5.91 Å². The molecule has 2 fully saturated rings. The van der Waals surface area contributed by atoms with Crippen molar-refractivity contribution in [2.24, 2.45) is 17.8 Å². The van der Waals surface area contributed by atoms with Crippen molar-refractivity contribution in [3.8, 4) is 0 Å². The zero-order chi connectivity index (χ0) is 13.7. The fourth-order valence-electron chi connectivity index (χ4n) is 3.68. The molecule has 2 rings (SSSR count). The van der Waals surface area contributed by atoms with Crippen molar-refractivity contribution in [3.63, 3.8) is 0 Å². The van der Waals surface area contributed by atoms with Gasteiger partial charge in [-0.1, -0.05) is 32.6 Å². The zero-order valence-corrected chi connectivity index (χ0v) is 12.3. The van der Waals surface area contributed by atoms with Crippen molar-refractivity contribution in [2.75, 3.05) is 19.7 Å². The predicted molar refractivity (Wildman–Crippen MR) is 76.7 cm³/mol. The summed E-state index contributed by atoms with van der Waals surface area (Å²) < 4.78 is 0. The van der Waals surface area contributed by atoms with Gasteiger partial charge in [-0.15, -0.1) is 0 Å². The van der Waals surface area contributed by atoms with Gasteiger partial charge in [0.05, 0.1) is 0 Å². The lowest BCUT2D eigenvalue weighted by Crippen LogP contribution is -2.42. The Hall–Kier alpha value is -0.570. The van der Waals surface area contributed by atoms with Crippen LogP contribution >= 0.6 is 0 Å². The third-order valence-corrected chi connectivity index (χ3v) is 5.12. The van der Waals surface area contributed by atoms with Crippen molar-refractivity contribution in [1.29, 1.82) is 0 Å². The van der Waals surface area contributed by atoms with Crippen LogP contribution in [0.5, 0.6) is 0 Å². The number of hydrogen-bond donors (Lipinski definition) is 1. The van der Waals surface area contributed by atoms with Crippen LogP contribution in [0.1, 0.15) is 58.3 Å². The highest BCUT2D eigenvalue weighted by Gasteiger charge is 2.29. The van der Waals surface area contributed by atoms with Gasteiger partial charge in [-0.25, -0.2) is 0 Å². The van der Waals surface area contributed by atoms with E-state index in [9.17, 15) is 4.79 Å². The molecule has 0 spiro atoms. The Morgan fingerprint density at radius 3 is 2.32 bits per heavy atom. The van der Waals surface area contributed by atoms with E-state index in [0.717, 1.165) is 44.7 Å². The molecule has 1 atom stereocenters. The van der Waals surface area contributed by atoms with Crippen LogP contribution < -0.4 is 0 Å². The normalized spacial score (nSPS) is 23.8. The van der Waals surface area contributed by atoms with E-state index in [1.165, 1.54) is 25.7 Å². The molecular weight excluding hydrogens is 238 g/mol. The van der Waals surface area contributed by atoms with E-state index in [1.807, 2.05) is 0 Å². The minimum absolute atomic E-state index is 0.244. The minimum Gasteiger partial charge on any atom is -0.396 e. The van der Waals surface area contributed by atoms with Crippen LogP contribution in [0.3, 0.4) is 0 Å². The summed E-state index contributed by atoms with van der Waals surface area (Å²) in [5.74, 6) is 1.84. The summed E-state index contributed by atoms with van der Waals surface area (Å²) in [5.41, 5.74) is 0. The molecule has 19 heavy (non-hydrogen) atoms. The van der Waals surface area contributed by atoms with Gasteiger partial charge < -0.3 is 10.0 Å². The van der Waals surface area contributed by atoms with Crippen LogP contribution in [0.15, 0.2) is 0 Å². The quantitative estimate of drug-likeness (QED) is 0.832. The number of aliphatic hydroxyl groups excluding tert-OH is 1. The maximum Gasteiger partial charge on any atom is 0.225 e. The van der Waals surface area contributed by atoms with Crippen molar-refractivity contribution in [2.45, 2.75) is 58.3 Å². The van der Waals surface area contributed by atoms with Crippen molar-refractivity contribution in [3.05, 3.63) is 0 Å². The lowest BCUT2D eigenvalue weighted by atomic mass is 9.89. The molecule has 0 bridgehead atoms. The lowest BCUT2D eigenvalue weighted by Gasteiger charge is -2.34. The summed E-state index contributed by atoms with van der Waals surface area (Å²) in [4.78, 5) is 14.6.